The predicted molar refractivity (Wildman–Crippen MR) is 169 cm³/mol. The Hall–Kier alpha value is -4.00. The van der Waals surface area contributed by atoms with Crippen LogP contribution in [0.2, 0.25) is 0 Å². The second-order valence-corrected chi connectivity index (χ2v) is 12.3. The van der Waals surface area contributed by atoms with Gasteiger partial charge in [0.05, 0.1) is 12.6 Å². The Morgan fingerprint density at radius 1 is 1.10 bits per heavy atom. The van der Waals surface area contributed by atoms with E-state index in [2.05, 4.69) is 15.8 Å². The van der Waals surface area contributed by atoms with E-state index in [0.29, 0.717) is 16.4 Å². The summed E-state index contributed by atoms with van der Waals surface area (Å²) in [5.74, 6) is -0.910. The lowest BCUT2D eigenvalue weighted by atomic mass is 10.0. The van der Waals surface area contributed by atoms with Crippen LogP contribution in [0.1, 0.15) is 22.1 Å². The largest absolute Gasteiger partial charge is 0.448 e. The van der Waals surface area contributed by atoms with E-state index in [4.69, 9.17) is 17.0 Å². The average molecular weight is 620 g/mol. The van der Waals surface area contributed by atoms with Crippen LogP contribution in [0, 0.1) is 0 Å². The molecule has 2 aliphatic rings. The molecule has 0 spiro atoms. The van der Waals surface area contributed by atoms with Gasteiger partial charge in [0.15, 0.2) is 11.2 Å². The summed E-state index contributed by atoms with van der Waals surface area (Å²) in [5, 5.41) is 8.91. The molecule has 3 aromatic rings. The normalized spacial score (nSPS) is 18.0. The monoisotopic (exact) mass is 619 g/mol. The fraction of sp³-hybridized carbons (Fsp3) is 0.233. The number of thioether (sulfide) groups is 1. The maximum absolute atomic E-state index is 14.0. The molecular formula is C30H29N5O4S3. The molecule has 0 bridgehead atoms. The van der Waals surface area contributed by atoms with Gasteiger partial charge in [-0.15, -0.1) is 23.1 Å². The number of ether oxygens (including phenoxy) is 1. The number of rotatable bonds is 9. The highest BCUT2D eigenvalue weighted by Crippen LogP contribution is 2.41. The quantitative estimate of drug-likeness (QED) is 0.123. The minimum Gasteiger partial charge on any atom is -0.448 e. The number of hydrazone groups is 1. The summed E-state index contributed by atoms with van der Waals surface area (Å²) < 4.78 is 6.14. The molecule has 2 aliphatic heterocycles. The number of nitrogens with zero attached hydrogens (tertiary/aromatic N) is 3. The van der Waals surface area contributed by atoms with Gasteiger partial charge < -0.3 is 15.0 Å². The first-order valence-corrected chi connectivity index (χ1v) is 15.5. The molecule has 1 saturated heterocycles. The molecule has 5 rings (SSSR count). The summed E-state index contributed by atoms with van der Waals surface area (Å²) in [7, 11) is 3.57. The van der Waals surface area contributed by atoms with Crippen molar-refractivity contribution in [3.8, 4) is 0 Å². The standard InChI is InChI=1S/C30H29N5O4S3/c1-34(2)30(40)33-31-17-21-18-42-28-24(32-23(36)16-22-14-9-15-41-22)27(37)35(28)25(21)29(38)39-26(19-10-5-3-6-11-19)20-12-7-4-8-13-20/h3-15,17,24,26,28H,16,18H2,1-2H3,(H,32,36)(H,33,40)/t24?,28-/m0/s1. The summed E-state index contributed by atoms with van der Waals surface area (Å²) in [4.78, 5) is 44.1. The molecule has 2 N–H and O–H groups in total. The van der Waals surface area contributed by atoms with E-state index in [1.54, 1.807) is 19.0 Å². The maximum atomic E-state index is 14.0. The Kier molecular flexibility index (Phi) is 9.35. The van der Waals surface area contributed by atoms with Crippen molar-refractivity contribution in [1.82, 2.24) is 20.5 Å². The molecule has 3 heterocycles. The van der Waals surface area contributed by atoms with Crippen LogP contribution < -0.4 is 10.7 Å². The molecule has 2 amide bonds. The van der Waals surface area contributed by atoms with E-state index in [1.807, 2.05) is 78.2 Å². The Balaban J connectivity index is 1.42. The highest BCUT2D eigenvalue weighted by Gasteiger charge is 2.54. The molecule has 0 radical (unpaired) electrons. The van der Waals surface area contributed by atoms with Crippen LogP contribution in [0.25, 0.3) is 0 Å². The summed E-state index contributed by atoms with van der Waals surface area (Å²) in [6.45, 7) is 0. The van der Waals surface area contributed by atoms with Crippen LogP contribution in [0.5, 0.6) is 0 Å². The van der Waals surface area contributed by atoms with Gasteiger partial charge in [0.1, 0.15) is 17.1 Å². The molecule has 1 fully saturated rings. The highest BCUT2D eigenvalue weighted by molar-refractivity contribution is 8.00. The van der Waals surface area contributed by atoms with Crippen molar-refractivity contribution >= 4 is 64.4 Å². The third-order valence-electron chi connectivity index (χ3n) is 6.64. The molecule has 0 saturated carbocycles. The molecule has 0 aliphatic carbocycles. The van der Waals surface area contributed by atoms with Gasteiger partial charge in [0.25, 0.3) is 5.91 Å². The van der Waals surface area contributed by atoms with Crippen LogP contribution in [-0.2, 0) is 25.5 Å². The highest BCUT2D eigenvalue weighted by atomic mass is 32.2. The fourth-order valence-corrected chi connectivity index (χ4v) is 6.59. The first-order valence-electron chi connectivity index (χ1n) is 13.1. The van der Waals surface area contributed by atoms with E-state index >= 15 is 0 Å². The number of carbonyl (C=O) groups excluding carboxylic acids is 3. The third-order valence-corrected chi connectivity index (χ3v) is 9.27. The van der Waals surface area contributed by atoms with Gasteiger partial charge >= 0.3 is 5.97 Å². The SMILES string of the molecule is CN(C)C(=S)NN=CC1=C(C(=O)OC(c2ccccc2)c2ccccc2)N2C(=O)C(NC(=O)Cc3cccs3)[C@@H]2SC1. The van der Waals surface area contributed by atoms with Gasteiger partial charge in [0, 0.05) is 30.3 Å². The Morgan fingerprint density at radius 3 is 2.36 bits per heavy atom. The number of thiocarbonyl (C=S) groups is 1. The summed E-state index contributed by atoms with van der Waals surface area (Å²) >= 11 is 8.17. The molecule has 2 atom stereocenters. The van der Waals surface area contributed by atoms with E-state index in [1.165, 1.54) is 34.2 Å². The van der Waals surface area contributed by atoms with E-state index in [-0.39, 0.29) is 23.9 Å². The minimum absolute atomic E-state index is 0.102. The minimum atomic E-state index is -0.748. The number of hydrogen-bond acceptors (Lipinski definition) is 8. The number of esters is 1. The molecule has 9 nitrogen and oxygen atoms in total. The fourth-order valence-electron chi connectivity index (χ4n) is 4.54. The number of hydrogen-bond donors (Lipinski definition) is 2. The number of nitrogens with one attached hydrogen (secondary N) is 2. The second-order valence-electron chi connectivity index (χ2n) is 9.76. The zero-order chi connectivity index (χ0) is 29.6. The summed E-state index contributed by atoms with van der Waals surface area (Å²) in [6.07, 6.45) is 0.983. The lowest BCUT2D eigenvalue weighted by Gasteiger charge is -2.49. The van der Waals surface area contributed by atoms with Gasteiger partial charge in [-0.1, -0.05) is 66.7 Å². The third kappa shape index (κ3) is 6.56. The molecule has 12 heteroatoms. The van der Waals surface area contributed by atoms with Gasteiger partial charge in [0.2, 0.25) is 5.91 Å². The van der Waals surface area contributed by atoms with Crippen molar-refractivity contribution in [3.05, 3.63) is 105 Å². The van der Waals surface area contributed by atoms with Gasteiger partial charge in [-0.25, -0.2) is 4.79 Å². The van der Waals surface area contributed by atoms with Crippen LogP contribution in [0.3, 0.4) is 0 Å². The molecule has 1 aromatic heterocycles. The second kappa shape index (κ2) is 13.3. The van der Waals surface area contributed by atoms with Crippen molar-refractivity contribution in [3.63, 3.8) is 0 Å². The van der Waals surface area contributed by atoms with Crippen molar-refractivity contribution in [2.45, 2.75) is 23.9 Å². The summed E-state index contributed by atoms with van der Waals surface area (Å²) in [5.41, 5.74) is 4.96. The molecule has 42 heavy (non-hydrogen) atoms. The van der Waals surface area contributed by atoms with Crippen molar-refractivity contribution < 1.29 is 19.1 Å². The number of amides is 2. The zero-order valence-electron chi connectivity index (χ0n) is 22.9. The Labute approximate surface area is 257 Å². The molecule has 216 valence electrons. The van der Waals surface area contributed by atoms with Crippen LogP contribution in [0.15, 0.2) is 94.5 Å². The van der Waals surface area contributed by atoms with Crippen LogP contribution in [-0.4, -0.2) is 70.2 Å². The topological polar surface area (TPSA) is 103 Å². The lowest BCUT2D eigenvalue weighted by molar-refractivity contribution is -0.154. The number of carbonyl (C=O) groups is 3. The van der Waals surface area contributed by atoms with E-state index in [0.717, 1.165) is 16.0 Å². The number of thiophene rings is 1. The first kappa shape index (κ1) is 29.5. The smallest absolute Gasteiger partial charge is 0.356 e. The van der Waals surface area contributed by atoms with Crippen molar-refractivity contribution in [2.75, 3.05) is 19.8 Å². The number of benzene rings is 2. The maximum Gasteiger partial charge on any atom is 0.356 e. The van der Waals surface area contributed by atoms with Crippen LogP contribution >= 0.6 is 35.3 Å². The van der Waals surface area contributed by atoms with Gasteiger partial charge in [-0.3, -0.25) is 19.9 Å². The zero-order valence-corrected chi connectivity index (χ0v) is 25.4. The summed E-state index contributed by atoms with van der Waals surface area (Å²) in [6, 6.07) is 21.9. The number of β-lactam (4-membered cyclic amide) rings is 1. The van der Waals surface area contributed by atoms with Crippen molar-refractivity contribution in [1.29, 1.82) is 0 Å². The van der Waals surface area contributed by atoms with E-state index in [9.17, 15) is 14.4 Å². The lowest BCUT2D eigenvalue weighted by Crippen LogP contribution is -2.70. The molecule has 2 aromatic carbocycles. The molecule has 1 unspecified atom stereocenters. The van der Waals surface area contributed by atoms with Crippen molar-refractivity contribution in [2.24, 2.45) is 5.10 Å². The number of fused-ring (bicyclic) bond motifs is 1. The predicted octanol–water partition coefficient (Wildman–Crippen LogP) is 3.70. The first-order chi connectivity index (χ1) is 20.3. The average Bonchev–Trinajstić information content (AvgIpc) is 3.52. The Bertz CT molecular complexity index is 1470. The Morgan fingerprint density at radius 2 is 1.76 bits per heavy atom. The van der Waals surface area contributed by atoms with Crippen LogP contribution in [0.4, 0.5) is 0 Å². The molecular weight excluding hydrogens is 591 g/mol. The van der Waals surface area contributed by atoms with Gasteiger partial charge in [-0.2, -0.15) is 5.10 Å². The van der Waals surface area contributed by atoms with Gasteiger partial charge in [-0.05, 0) is 34.8 Å². The van der Waals surface area contributed by atoms with E-state index < -0.39 is 23.5 Å².